The van der Waals surface area contributed by atoms with E-state index in [4.69, 9.17) is 0 Å². The number of para-hydroxylation sites is 2. The normalized spacial score (nSPS) is 20.6. The molecule has 2 aromatic carbocycles. The molecule has 5 heteroatoms. The lowest BCUT2D eigenvalue weighted by Crippen LogP contribution is -2.42. The Morgan fingerprint density at radius 1 is 1.10 bits per heavy atom. The van der Waals surface area contributed by atoms with Crippen LogP contribution in [0.4, 0.5) is 17.1 Å². The number of rotatable bonds is 3. The standard InChI is InChI=1S/C24H28N4O/c25-15-17-9-10-21(29)23-22(17)24(11-13-26-14-12-24)16-28(23)20-8-4-3-7-19(20)27-18-5-1-2-6-18/h3-4,7-10,18,26-27,29H,1-2,5-6,11-14,16H2. The first kappa shape index (κ1) is 18.3. The maximum absolute atomic E-state index is 10.9. The molecule has 3 aliphatic rings. The van der Waals surface area contributed by atoms with Crippen molar-refractivity contribution in [2.75, 3.05) is 29.9 Å². The summed E-state index contributed by atoms with van der Waals surface area (Å²) in [7, 11) is 0. The van der Waals surface area contributed by atoms with Gasteiger partial charge in [-0.25, -0.2) is 0 Å². The van der Waals surface area contributed by atoms with Gasteiger partial charge in [-0.05, 0) is 63.0 Å². The van der Waals surface area contributed by atoms with Crippen LogP contribution in [0.25, 0.3) is 0 Å². The van der Waals surface area contributed by atoms with Crippen molar-refractivity contribution in [1.82, 2.24) is 5.32 Å². The first-order valence-corrected chi connectivity index (χ1v) is 10.8. The lowest BCUT2D eigenvalue weighted by atomic mass is 9.73. The van der Waals surface area contributed by atoms with Crippen molar-refractivity contribution in [1.29, 1.82) is 5.26 Å². The van der Waals surface area contributed by atoms with Crippen molar-refractivity contribution in [3.63, 3.8) is 0 Å². The monoisotopic (exact) mass is 388 g/mol. The molecule has 2 aliphatic heterocycles. The summed E-state index contributed by atoms with van der Waals surface area (Å²) in [6, 6.07) is 14.8. The molecular formula is C24H28N4O. The van der Waals surface area contributed by atoms with Crippen LogP contribution in [0, 0.1) is 11.3 Å². The van der Waals surface area contributed by atoms with Gasteiger partial charge in [0.15, 0.2) is 0 Å². The molecule has 0 atom stereocenters. The van der Waals surface area contributed by atoms with Crippen molar-refractivity contribution in [2.24, 2.45) is 0 Å². The van der Waals surface area contributed by atoms with Gasteiger partial charge in [-0.1, -0.05) is 25.0 Å². The fraction of sp³-hybridized carbons (Fsp3) is 0.458. The van der Waals surface area contributed by atoms with Gasteiger partial charge in [-0.15, -0.1) is 0 Å². The van der Waals surface area contributed by atoms with Gasteiger partial charge in [0.1, 0.15) is 5.75 Å². The van der Waals surface area contributed by atoms with Gasteiger partial charge < -0.3 is 20.6 Å². The maximum Gasteiger partial charge on any atom is 0.139 e. The van der Waals surface area contributed by atoms with Crippen LogP contribution in [-0.2, 0) is 5.41 Å². The molecule has 1 spiro atoms. The van der Waals surface area contributed by atoms with E-state index in [0.29, 0.717) is 11.6 Å². The Kier molecular flexibility index (Phi) is 4.60. The number of anilines is 3. The van der Waals surface area contributed by atoms with Crippen LogP contribution in [0.1, 0.15) is 49.7 Å². The zero-order valence-electron chi connectivity index (χ0n) is 16.7. The van der Waals surface area contributed by atoms with E-state index < -0.39 is 0 Å². The molecule has 1 saturated carbocycles. The highest BCUT2D eigenvalue weighted by Crippen LogP contribution is 2.54. The molecule has 0 aromatic heterocycles. The Morgan fingerprint density at radius 2 is 1.86 bits per heavy atom. The Bertz CT molecular complexity index is 952. The van der Waals surface area contributed by atoms with Gasteiger partial charge in [0.05, 0.1) is 28.7 Å². The van der Waals surface area contributed by atoms with Gasteiger partial charge in [0.2, 0.25) is 0 Å². The minimum absolute atomic E-state index is 0.0924. The molecule has 0 unspecified atom stereocenters. The van der Waals surface area contributed by atoms with Gasteiger partial charge >= 0.3 is 0 Å². The lowest BCUT2D eigenvalue weighted by molar-refractivity contribution is 0.329. The first-order chi connectivity index (χ1) is 14.2. The summed E-state index contributed by atoms with van der Waals surface area (Å²) >= 11 is 0. The minimum Gasteiger partial charge on any atom is -0.506 e. The Labute approximate surface area is 172 Å². The third kappa shape index (κ3) is 3.03. The summed E-state index contributed by atoms with van der Waals surface area (Å²) in [4.78, 5) is 2.26. The summed E-state index contributed by atoms with van der Waals surface area (Å²) in [5.74, 6) is 0.269. The van der Waals surface area contributed by atoms with Crippen LogP contribution in [-0.4, -0.2) is 30.8 Å². The molecule has 0 bridgehead atoms. The van der Waals surface area contributed by atoms with E-state index in [-0.39, 0.29) is 11.2 Å². The zero-order chi connectivity index (χ0) is 19.8. The van der Waals surface area contributed by atoms with Crippen molar-refractivity contribution in [3.8, 4) is 11.8 Å². The number of nitriles is 1. The zero-order valence-corrected chi connectivity index (χ0v) is 16.7. The van der Waals surface area contributed by atoms with Gasteiger partial charge in [0, 0.05) is 23.6 Å². The third-order valence-electron chi connectivity index (χ3n) is 7.01. The number of aromatic hydroxyl groups is 1. The van der Waals surface area contributed by atoms with Crippen molar-refractivity contribution < 1.29 is 5.11 Å². The Morgan fingerprint density at radius 3 is 2.62 bits per heavy atom. The molecule has 5 nitrogen and oxygen atoms in total. The number of hydrogen-bond donors (Lipinski definition) is 3. The van der Waals surface area contributed by atoms with Crippen LogP contribution >= 0.6 is 0 Å². The molecular weight excluding hydrogens is 360 g/mol. The van der Waals surface area contributed by atoms with Crippen LogP contribution in [0.2, 0.25) is 0 Å². The van der Waals surface area contributed by atoms with E-state index >= 15 is 0 Å². The number of phenols is 1. The van der Waals surface area contributed by atoms with Crippen molar-refractivity contribution >= 4 is 17.1 Å². The second-order valence-corrected chi connectivity index (χ2v) is 8.73. The number of phenolic OH excluding ortho intramolecular Hbond substituents is 1. The largest absolute Gasteiger partial charge is 0.506 e. The summed E-state index contributed by atoms with van der Waals surface area (Å²) in [6.07, 6.45) is 6.96. The second kappa shape index (κ2) is 7.27. The molecule has 1 aliphatic carbocycles. The number of fused-ring (bicyclic) bond motifs is 2. The molecule has 150 valence electrons. The summed E-state index contributed by atoms with van der Waals surface area (Å²) in [5.41, 5.74) is 4.69. The maximum atomic E-state index is 10.9. The highest BCUT2D eigenvalue weighted by Gasteiger charge is 2.47. The molecule has 29 heavy (non-hydrogen) atoms. The number of benzene rings is 2. The number of piperidine rings is 1. The van der Waals surface area contributed by atoms with Crippen LogP contribution in [0.15, 0.2) is 36.4 Å². The molecule has 1 saturated heterocycles. The van der Waals surface area contributed by atoms with Crippen LogP contribution in [0.5, 0.6) is 5.75 Å². The van der Waals surface area contributed by atoms with E-state index in [1.165, 1.54) is 25.7 Å². The van der Waals surface area contributed by atoms with E-state index in [9.17, 15) is 10.4 Å². The molecule has 2 aromatic rings. The van der Waals surface area contributed by atoms with E-state index in [1.54, 1.807) is 12.1 Å². The molecule has 5 rings (SSSR count). The molecule has 0 radical (unpaired) electrons. The summed E-state index contributed by atoms with van der Waals surface area (Å²) in [6.45, 7) is 2.69. The van der Waals surface area contributed by atoms with Gasteiger partial charge in [0.25, 0.3) is 0 Å². The van der Waals surface area contributed by atoms with Crippen molar-refractivity contribution in [3.05, 3.63) is 47.5 Å². The Hall–Kier alpha value is -2.71. The SMILES string of the molecule is N#Cc1ccc(O)c2c1C1(CCNCC1)CN2c1ccccc1NC1CCCC1. The summed E-state index contributed by atoms with van der Waals surface area (Å²) in [5, 5.41) is 27.9. The number of nitrogens with zero attached hydrogens (tertiary/aromatic N) is 2. The second-order valence-electron chi connectivity index (χ2n) is 8.73. The van der Waals surface area contributed by atoms with E-state index in [0.717, 1.165) is 55.1 Å². The average molecular weight is 389 g/mol. The topological polar surface area (TPSA) is 71.3 Å². The predicted molar refractivity (Wildman–Crippen MR) is 116 cm³/mol. The fourth-order valence-corrected chi connectivity index (χ4v) is 5.58. The quantitative estimate of drug-likeness (QED) is 0.727. The Balaban J connectivity index is 1.62. The highest BCUT2D eigenvalue weighted by atomic mass is 16.3. The van der Waals surface area contributed by atoms with E-state index in [1.807, 2.05) is 0 Å². The number of hydrogen-bond acceptors (Lipinski definition) is 5. The minimum atomic E-state index is -0.0924. The lowest BCUT2D eigenvalue weighted by Gasteiger charge is -2.35. The molecule has 0 amide bonds. The molecule has 2 fully saturated rings. The van der Waals surface area contributed by atoms with Crippen LogP contribution in [0.3, 0.4) is 0 Å². The first-order valence-electron chi connectivity index (χ1n) is 10.8. The third-order valence-corrected chi connectivity index (χ3v) is 7.01. The molecule has 3 N–H and O–H groups in total. The van der Waals surface area contributed by atoms with Gasteiger partial charge in [-0.2, -0.15) is 5.26 Å². The molecule has 2 heterocycles. The average Bonchev–Trinajstić information content (AvgIpc) is 3.37. The van der Waals surface area contributed by atoms with Crippen LogP contribution < -0.4 is 15.5 Å². The smallest absolute Gasteiger partial charge is 0.139 e. The number of nitrogens with one attached hydrogen (secondary N) is 2. The van der Waals surface area contributed by atoms with E-state index in [2.05, 4.69) is 45.9 Å². The highest BCUT2D eigenvalue weighted by molar-refractivity contribution is 5.85. The summed E-state index contributed by atoms with van der Waals surface area (Å²) < 4.78 is 0. The van der Waals surface area contributed by atoms with Crippen molar-refractivity contribution in [2.45, 2.75) is 50.0 Å². The van der Waals surface area contributed by atoms with Gasteiger partial charge in [-0.3, -0.25) is 0 Å². The predicted octanol–water partition coefficient (Wildman–Crippen LogP) is 4.39. The fourth-order valence-electron chi connectivity index (χ4n) is 5.58.